The molecule has 3 heterocycles. The van der Waals surface area contributed by atoms with Crippen molar-refractivity contribution in [3.8, 4) is 11.3 Å². The molecule has 0 fully saturated rings. The Morgan fingerprint density at radius 2 is 1.78 bits per heavy atom. The molecule has 4 rings (SSSR count). The van der Waals surface area contributed by atoms with Gasteiger partial charge < -0.3 is 5.32 Å². The van der Waals surface area contributed by atoms with E-state index >= 15 is 0 Å². The van der Waals surface area contributed by atoms with Crippen LogP contribution in [0, 0.1) is 13.8 Å². The van der Waals surface area contributed by atoms with Crippen LogP contribution in [0.2, 0.25) is 5.02 Å². The fourth-order valence-electron chi connectivity index (χ4n) is 2.93. The number of pyridine rings is 2. The van der Waals surface area contributed by atoms with Crippen LogP contribution in [0.4, 0.5) is 5.82 Å². The highest BCUT2D eigenvalue weighted by molar-refractivity contribution is 6.30. The largest absolute Gasteiger partial charge is 0.305 e. The molecule has 0 aliphatic rings. The number of carbonyl (C=O) groups excluding carboxylic acids is 1. The molecule has 6 heteroatoms. The Kier molecular flexibility index (Phi) is 4.38. The molecular weight excluding hydrogens is 360 g/mol. The molecule has 5 nitrogen and oxygen atoms in total. The summed E-state index contributed by atoms with van der Waals surface area (Å²) in [6.45, 7) is 4.00. The van der Waals surface area contributed by atoms with E-state index in [4.69, 9.17) is 11.6 Å². The number of halogens is 1. The van der Waals surface area contributed by atoms with Crippen LogP contribution in [0.15, 0.2) is 60.9 Å². The maximum Gasteiger partial charge on any atom is 0.276 e. The zero-order valence-electron chi connectivity index (χ0n) is 14.9. The van der Waals surface area contributed by atoms with Gasteiger partial charge in [-0.15, -0.1) is 0 Å². The highest BCUT2D eigenvalue weighted by atomic mass is 35.5. The van der Waals surface area contributed by atoms with Crippen LogP contribution < -0.4 is 5.32 Å². The highest BCUT2D eigenvalue weighted by Crippen LogP contribution is 2.26. The summed E-state index contributed by atoms with van der Waals surface area (Å²) < 4.78 is 1.81. The number of imidazole rings is 1. The number of hydrogen-bond acceptors (Lipinski definition) is 3. The molecule has 0 spiro atoms. The molecular formula is C21H17ClN4O. The molecule has 0 aliphatic carbocycles. The van der Waals surface area contributed by atoms with Gasteiger partial charge in [0.2, 0.25) is 0 Å². The van der Waals surface area contributed by atoms with Gasteiger partial charge in [-0.1, -0.05) is 47.5 Å². The number of benzene rings is 1. The van der Waals surface area contributed by atoms with E-state index in [9.17, 15) is 4.79 Å². The predicted octanol–water partition coefficient (Wildman–Crippen LogP) is 4.92. The summed E-state index contributed by atoms with van der Waals surface area (Å²) in [4.78, 5) is 22.0. The normalized spacial score (nSPS) is 10.9. The number of aromatic nitrogens is 3. The van der Waals surface area contributed by atoms with Crippen molar-refractivity contribution in [3.63, 3.8) is 0 Å². The number of amides is 1. The summed E-state index contributed by atoms with van der Waals surface area (Å²) in [6, 6.07) is 15.1. The lowest BCUT2D eigenvalue weighted by atomic mass is 10.1. The predicted molar refractivity (Wildman–Crippen MR) is 107 cm³/mol. The highest BCUT2D eigenvalue weighted by Gasteiger charge is 2.21. The molecule has 0 atom stereocenters. The Morgan fingerprint density at radius 1 is 1.04 bits per heavy atom. The number of fused-ring (bicyclic) bond motifs is 1. The molecule has 0 radical (unpaired) electrons. The van der Waals surface area contributed by atoms with Gasteiger partial charge in [0.25, 0.3) is 5.91 Å². The van der Waals surface area contributed by atoms with Crippen LogP contribution in [0.5, 0.6) is 0 Å². The van der Waals surface area contributed by atoms with Gasteiger partial charge in [0.05, 0.1) is 0 Å². The van der Waals surface area contributed by atoms with Gasteiger partial charge in [-0.05, 0) is 37.6 Å². The van der Waals surface area contributed by atoms with Crippen LogP contribution in [0.25, 0.3) is 16.9 Å². The second-order valence-electron chi connectivity index (χ2n) is 6.42. The van der Waals surface area contributed by atoms with Crippen molar-refractivity contribution < 1.29 is 4.79 Å². The Labute approximate surface area is 161 Å². The van der Waals surface area contributed by atoms with Crippen LogP contribution in [0.3, 0.4) is 0 Å². The summed E-state index contributed by atoms with van der Waals surface area (Å²) >= 11 is 6.00. The molecule has 1 amide bonds. The lowest BCUT2D eigenvalue weighted by Crippen LogP contribution is -2.16. The van der Waals surface area contributed by atoms with Crippen molar-refractivity contribution in [2.24, 2.45) is 0 Å². The monoisotopic (exact) mass is 376 g/mol. The molecule has 134 valence electrons. The molecule has 3 aromatic heterocycles. The maximum absolute atomic E-state index is 13.1. The minimum atomic E-state index is -0.293. The number of nitrogens with one attached hydrogen (secondary N) is 1. The Morgan fingerprint density at radius 3 is 2.52 bits per heavy atom. The number of rotatable bonds is 3. The van der Waals surface area contributed by atoms with E-state index in [0.29, 0.717) is 27.9 Å². The van der Waals surface area contributed by atoms with Gasteiger partial charge >= 0.3 is 0 Å². The zero-order valence-corrected chi connectivity index (χ0v) is 15.7. The molecule has 0 saturated heterocycles. The van der Waals surface area contributed by atoms with Crippen molar-refractivity contribution >= 4 is 29.0 Å². The van der Waals surface area contributed by atoms with E-state index in [1.807, 2.05) is 60.8 Å². The number of carbonyl (C=O) groups is 1. The third kappa shape index (κ3) is 3.41. The Hall–Kier alpha value is -3.18. The molecule has 0 bridgehead atoms. The van der Waals surface area contributed by atoms with Crippen molar-refractivity contribution in [2.45, 2.75) is 13.8 Å². The van der Waals surface area contributed by atoms with E-state index in [1.54, 1.807) is 18.3 Å². The maximum atomic E-state index is 13.1. The average Bonchev–Trinajstić information content (AvgIpc) is 3.01. The van der Waals surface area contributed by atoms with Crippen molar-refractivity contribution in [3.05, 3.63) is 82.8 Å². The smallest absolute Gasteiger partial charge is 0.276 e. The fourth-order valence-corrected chi connectivity index (χ4v) is 3.09. The van der Waals surface area contributed by atoms with Crippen molar-refractivity contribution in [2.75, 3.05) is 5.32 Å². The van der Waals surface area contributed by atoms with Gasteiger partial charge in [0.1, 0.15) is 22.9 Å². The standard InChI is InChI=1S/C21H17ClN4O/c1-13-3-6-15(7-4-13)19-20(26-12-14(2)5-8-18(26)25-19)21(27)24-17-11-16(22)9-10-23-17/h3-12H,1-2H3,(H,23,24,27). The second kappa shape index (κ2) is 6.85. The number of aryl methyl sites for hydroxylation is 2. The van der Waals surface area contributed by atoms with E-state index in [0.717, 1.165) is 16.7 Å². The molecule has 27 heavy (non-hydrogen) atoms. The fraction of sp³-hybridized carbons (Fsp3) is 0.0952. The average molecular weight is 377 g/mol. The number of hydrogen-bond donors (Lipinski definition) is 1. The van der Waals surface area contributed by atoms with E-state index in [2.05, 4.69) is 15.3 Å². The van der Waals surface area contributed by atoms with Gasteiger partial charge in [0, 0.05) is 23.0 Å². The first-order chi connectivity index (χ1) is 13.0. The van der Waals surface area contributed by atoms with Gasteiger partial charge in [0.15, 0.2) is 0 Å². The van der Waals surface area contributed by atoms with Crippen LogP contribution in [-0.4, -0.2) is 20.3 Å². The minimum Gasteiger partial charge on any atom is -0.305 e. The molecule has 1 aromatic carbocycles. The first kappa shape index (κ1) is 17.2. The molecule has 4 aromatic rings. The summed E-state index contributed by atoms with van der Waals surface area (Å²) in [5.41, 5.74) is 4.85. The quantitative estimate of drug-likeness (QED) is 0.552. The summed E-state index contributed by atoms with van der Waals surface area (Å²) in [6.07, 6.45) is 3.46. The van der Waals surface area contributed by atoms with E-state index in [1.165, 1.54) is 0 Å². The Balaban J connectivity index is 1.86. The molecule has 0 unspecified atom stereocenters. The van der Waals surface area contributed by atoms with Crippen LogP contribution in [0.1, 0.15) is 21.6 Å². The van der Waals surface area contributed by atoms with Crippen LogP contribution in [-0.2, 0) is 0 Å². The number of nitrogens with zero attached hydrogens (tertiary/aromatic N) is 3. The summed E-state index contributed by atoms with van der Waals surface area (Å²) in [5.74, 6) is 0.100. The summed E-state index contributed by atoms with van der Waals surface area (Å²) in [5, 5.41) is 3.33. The number of anilines is 1. The lowest BCUT2D eigenvalue weighted by molar-refractivity contribution is 0.102. The van der Waals surface area contributed by atoms with Gasteiger partial charge in [-0.25, -0.2) is 9.97 Å². The zero-order chi connectivity index (χ0) is 19.0. The first-order valence-corrected chi connectivity index (χ1v) is 8.88. The van der Waals surface area contributed by atoms with Crippen molar-refractivity contribution in [1.82, 2.24) is 14.4 Å². The summed E-state index contributed by atoms with van der Waals surface area (Å²) in [7, 11) is 0. The third-order valence-corrected chi connectivity index (χ3v) is 4.51. The molecule has 0 saturated carbocycles. The Bertz CT molecular complexity index is 1150. The van der Waals surface area contributed by atoms with E-state index in [-0.39, 0.29) is 5.91 Å². The SMILES string of the molecule is Cc1ccc(-c2nc3ccc(C)cn3c2C(=O)Nc2cc(Cl)ccn2)cc1. The third-order valence-electron chi connectivity index (χ3n) is 4.27. The topological polar surface area (TPSA) is 59.3 Å². The van der Waals surface area contributed by atoms with Gasteiger partial charge in [-0.3, -0.25) is 9.20 Å². The van der Waals surface area contributed by atoms with Crippen LogP contribution >= 0.6 is 11.6 Å². The molecule has 0 aliphatic heterocycles. The first-order valence-electron chi connectivity index (χ1n) is 8.50. The second-order valence-corrected chi connectivity index (χ2v) is 6.86. The van der Waals surface area contributed by atoms with E-state index < -0.39 is 0 Å². The minimum absolute atomic E-state index is 0.293. The molecule has 1 N–H and O–H groups in total. The van der Waals surface area contributed by atoms with Crippen molar-refractivity contribution in [1.29, 1.82) is 0 Å². The lowest BCUT2D eigenvalue weighted by Gasteiger charge is -2.08. The van der Waals surface area contributed by atoms with Gasteiger partial charge in [-0.2, -0.15) is 0 Å².